The lowest BCUT2D eigenvalue weighted by Gasteiger charge is -2.23. The van der Waals surface area contributed by atoms with Crippen LogP contribution in [0.3, 0.4) is 0 Å². The zero-order chi connectivity index (χ0) is 15.2. The number of hydrogen-bond acceptors (Lipinski definition) is 2. The van der Waals surface area contributed by atoms with Gasteiger partial charge in [-0.2, -0.15) is 0 Å². The highest BCUT2D eigenvalue weighted by Crippen LogP contribution is 2.34. The highest BCUT2D eigenvalue weighted by Gasteiger charge is 2.21. The van der Waals surface area contributed by atoms with Gasteiger partial charge in [-0.25, -0.2) is 0 Å². The summed E-state index contributed by atoms with van der Waals surface area (Å²) in [6.07, 6.45) is 6.15. The van der Waals surface area contributed by atoms with Gasteiger partial charge in [0.25, 0.3) is 0 Å². The van der Waals surface area contributed by atoms with Crippen molar-refractivity contribution in [1.82, 2.24) is 5.32 Å². The maximum absolute atomic E-state index is 5.88. The molecule has 0 fully saturated rings. The fraction of sp³-hybridized carbons (Fsp3) is 0.667. The Labute approximate surface area is 137 Å². The van der Waals surface area contributed by atoms with Crippen LogP contribution in [0.4, 0.5) is 0 Å². The first-order valence-electron chi connectivity index (χ1n) is 8.24. The van der Waals surface area contributed by atoms with Crippen molar-refractivity contribution >= 4 is 15.9 Å². The number of ether oxygens (including phenoxy) is 1. The van der Waals surface area contributed by atoms with Gasteiger partial charge in [0.1, 0.15) is 5.75 Å². The minimum atomic E-state index is 0.421. The van der Waals surface area contributed by atoms with Crippen LogP contribution in [0.1, 0.15) is 64.5 Å². The molecule has 0 spiro atoms. The zero-order valence-corrected chi connectivity index (χ0v) is 15.1. The average molecular weight is 354 g/mol. The Bertz CT molecular complexity index is 447. The van der Waals surface area contributed by atoms with E-state index in [1.165, 1.54) is 24.8 Å². The molecule has 21 heavy (non-hydrogen) atoms. The molecule has 2 nitrogen and oxygen atoms in total. The molecule has 2 unspecified atom stereocenters. The molecule has 1 aromatic carbocycles. The van der Waals surface area contributed by atoms with E-state index in [1.807, 2.05) is 0 Å². The van der Waals surface area contributed by atoms with Gasteiger partial charge < -0.3 is 10.1 Å². The van der Waals surface area contributed by atoms with E-state index in [2.05, 4.69) is 60.2 Å². The van der Waals surface area contributed by atoms with Crippen molar-refractivity contribution in [3.05, 3.63) is 28.2 Å². The van der Waals surface area contributed by atoms with E-state index in [0.29, 0.717) is 12.1 Å². The minimum absolute atomic E-state index is 0.421. The van der Waals surface area contributed by atoms with Crippen molar-refractivity contribution < 1.29 is 4.74 Å². The Morgan fingerprint density at radius 2 is 2.10 bits per heavy atom. The fourth-order valence-corrected chi connectivity index (χ4v) is 3.32. The van der Waals surface area contributed by atoms with Gasteiger partial charge in [0.05, 0.1) is 6.61 Å². The van der Waals surface area contributed by atoms with Gasteiger partial charge in [-0.15, -0.1) is 0 Å². The van der Waals surface area contributed by atoms with E-state index in [0.717, 1.165) is 35.6 Å². The molecule has 0 aliphatic carbocycles. The van der Waals surface area contributed by atoms with Gasteiger partial charge in [-0.3, -0.25) is 0 Å². The molecule has 1 aromatic rings. The maximum atomic E-state index is 5.88. The van der Waals surface area contributed by atoms with Crippen molar-refractivity contribution in [2.24, 2.45) is 5.92 Å². The molecule has 0 aromatic heterocycles. The predicted octanol–water partition coefficient (Wildman–Crippen LogP) is 5.47. The van der Waals surface area contributed by atoms with Gasteiger partial charge in [0.2, 0.25) is 0 Å². The number of rotatable bonds is 6. The summed E-state index contributed by atoms with van der Waals surface area (Å²) < 4.78 is 6.97. The van der Waals surface area contributed by atoms with E-state index in [9.17, 15) is 0 Å². The number of fused-ring (bicyclic) bond motifs is 1. The number of nitrogens with one attached hydrogen (secondary N) is 1. The standard InChI is InChI=1S/C18H28BrNO/c1-13(2)6-4-7-14(3)20-17-8-5-11-21-18-12-15(19)9-10-16(17)18/h9-10,12-14,17,20H,4-8,11H2,1-3H3. The van der Waals surface area contributed by atoms with Gasteiger partial charge in [0, 0.05) is 22.1 Å². The number of halogens is 1. The number of benzene rings is 1. The second-order valence-electron chi connectivity index (χ2n) is 6.62. The highest BCUT2D eigenvalue weighted by molar-refractivity contribution is 9.10. The molecule has 3 heteroatoms. The Kier molecular flexibility index (Phi) is 6.56. The van der Waals surface area contributed by atoms with Crippen LogP contribution in [0, 0.1) is 5.92 Å². The molecule has 1 aliphatic rings. The molecular formula is C18H28BrNO. The summed E-state index contributed by atoms with van der Waals surface area (Å²) >= 11 is 3.53. The summed E-state index contributed by atoms with van der Waals surface area (Å²) in [6.45, 7) is 7.73. The third-order valence-corrected chi connectivity index (χ3v) is 4.64. The predicted molar refractivity (Wildman–Crippen MR) is 92.9 cm³/mol. The Morgan fingerprint density at radius 1 is 1.29 bits per heavy atom. The van der Waals surface area contributed by atoms with Crippen molar-refractivity contribution in [3.8, 4) is 5.75 Å². The molecule has 0 radical (unpaired) electrons. The third kappa shape index (κ3) is 5.30. The molecule has 0 saturated heterocycles. The Balaban J connectivity index is 1.96. The lowest BCUT2D eigenvalue weighted by atomic mass is 9.99. The van der Waals surface area contributed by atoms with Crippen LogP contribution in [0.2, 0.25) is 0 Å². The van der Waals surface area contributed by atoms with E-state index in [1.54, 1.807) is 0 Å². The molecule has 1 aliphatic heterocycles. The maximum Gasteiger partial charge on any atom is 0.125 e. The summed E-state index contributed by atoms with van der Waals surface area (Å²) in [5.41, 5.74) is 1.31. The minimum Gasteiger partial charge on any atom is -0.493 e. The van der Waals surface area contributed by atoms with Crippen LogP contribution in [-0.4, -0.2) is 12.6 Å². The molecule has 1 heterocycles. The average Bonchev–Trinajstić information content (AvgIpc) is 2.60. The SMILES string of the molecule is CC(C)CCCC(C)NC1CCCOc2cc(Br)ccc21. The molecular weight excluding hydrogens is 326 g/mol. The van der Waals surface area contributed by atoms with Crippen LogP contribution < -0.4 is 10.1 Å². The monoisotopic (exact) mass is 353 g/mol. The molecule has 0 amide bonds. The first-order chi connectivity index (χ1) is 10.1. The Morgan fingerprint density at radius 3 is 2.86 bits per heavy atom. The van der Waals surface area contributed by atoms with Crippen LogP contribution in [0.15, 0.2) is 22.7 Å². The van der Waals surface area contributed by atoms with Crippen LogP contribution >= 0.6 is 15.9 Å². The van der Waals surface area contributed by atoms with Gasteiger partial charge in [0.15, 0.2) is 0 Å². The normalized spacial score (nSPS) is 19.8. The van der Waals surface area contributed by atoms with E-state index in [4.69, 9.17) is 4.74 Å². The molecule has 0 bridgehead atoms. The summed E-state index contributed by atoms with van der Waals surface area (Å²) in [6, 6.07) is 7.39. The smallest absolute Gasteiger partial charge is 0.125 e. The van der Waals surface area contributed by atoms with Gasteiger partial charge >= 0.3 is 0 Å². The van der Waals surface area contributed by atoms with Crippen molar-refractivity contribution in [3.63, 3.8) is 0 Å². The van der Waals surface area contributed by atoms with Gasteiger partial charge in [-0.05, 0) is 44.2 Å². The summed E-state index contributed by atoms with van der Waals surface area (Å²) in [4.78, 5) is 0. The second-order valence-corrected chi connectivity index (χ2v) is 7.53. The number of hydrogen-bond donors (Lipinski definition) is 1. The first-order valence-corrected chi connectivity index (χ1v) is 9.04. The van der Waals surface area contributed by atoms with Crippen molar-refractivity contribution in [2.45, 2.75) is 65.0 Å². The Hall–Kier alpha value is -0.540. The summed E-state index contributed by atoms with van der Waals surface area (Å²) in [7, 11) is 0. The fourth-order valence-electron chi connectivity index (χ4n) is 2.98. The van der Waals surface area contributed by atoms with E-state index >= 15 is 0 Å². The molecule has 0 saturated carbocycles. The van der Waals surface area contributed by atoms with E-state index in [-0.39, 0.29) is 0 Å². The first kappa shape index (κ1) is 16.8. The molecule has 2 atom stereocenters. The van der Waals surface area contributed by atoms with Crippen molar-refractivity contribution in [2.75, 3.05) is 6.61 Å². The lowest BCUT2D eigenvalue weighted by Crippen LogP contribution is -2.30. The topological polar surface area (TPSA) is 21.3 Å². The highest BCUT2D eigenvalue weighted by atomic mass is 79.9. The second kappa shape index (κ2) is 8.19. The van der Waals surface area contributed by atoms with Crippen LogP contribution in [0.5, 0.6) is 5.75 Å². The third-order valence-electron chi connectivity index (χ3n) is 4.15. The molecule has 1 N–H and O–H groups in total. The van der Waals surface area contributed by atoms with Gasteiger partial charge in [-0.1, -0.05) is 48.7 Å². The molecule has 2 rings (SSSR count). The quantitative estimate of drug-likeness (QED) is 0.732. The largest absolute Gasteiger partial charge is 0.493 e. The summed E-state index contributed by atoms with van der Waals surface area (Å²) in [5, 5.41) is 3.81. The molecule has 118 valence electrons. The van der Waals surface area contributed by atoms with Crippen LogP contribution in [0.25, 0.3) is 0 Å². The van der Waals surface area contributed by atoms with Crippen LogP contribution in [-0.2, 0) is 0 Å². The zero-order valence-electron chi connectivity index (χ0n) is 13.5. The van der Waals surface area contributed by atoms with E-state index < -0.39 is 0 Å². The summed E-state index contributed by atoms with van der Waals surface area (Å²) in [5.74, 6) is 1.84. The lowest BCUT2D eigenvalue weighted by molar-refractivity contribution is 0.313. The van der Waals surface area contributed by atoms with Crippen molar-refractivity contribution in [1.29, 1.82) is 0 Å².